The number of rotatable bonds is 4. The second-order valence-electron chi connectivity index (χ2n) is 2.59. The molecule has 0 aliphatic heterocycles. The van der Waals surface area contributed by atoms with Gasteiger partial charge in [0.25, 0.3) is 0 Å². The molecular weight excluding hydrogens is 192 g/mol. The molecule has 0 radical (unpaired) electrons. The fourth-order valence-electron chi connectivity index (χ4n) is 0.796. The molecule has 1 atom stereocenters. The van der Waals surface area contributed by atoms with E-state index in [1.807, 2.05) is 0 Å². The quantitative estimate of drug-likeness (QED) is 0.680. The van der Waals surface area contributed by atoms with E-state index < -0.39 is 5.38 Å². The lowest BCUT2D eigenvalue weighted by molar-refractivity contribution is -0.120. The molecule has 1 aromatic rings. The first-order valence-corrected chi connectivity index (χ1v) is 4.40. The highest BCUT2D eigenvalue weighted by molar-refractivity contribution is 6.30. The number of carbonyl (C=O) groups is 1. The number of amides is 1. The molecule has 0 aliphatic carbocycles. The zero-order chi connectivity index (χ0) is 9.68. The zero-order valence-electron chi connectivity index (χ0n) is 7.25. The van der Waals surface area contributed by atoms with Crippen molar-refractivity contribution in [2.75, 3.05) is 6.54 Å². The van der Waals surface area contributed by atoms with Crippen molar-refractivity contribution in [1.29, 1.82) is 0 Å². The van der Waals surface area contributed by atoms with Crippen LogP contribution in [0.5, 0.6) is 0 Å². The van der Waals surface area contributed by atoms with Gasteiger partial charge in [-0.05, 0) is 6.92 Å². The molecule has 1 heterocycles. The monoisotopic (exact) mass is 202 g/mol. The van der Waals surface area contributed by atoms with E-state index in [0.717, 1.165) is 5.82 Å². The fraction of sp³-hybridized carbons (Fsp3) is 0.571. The summed E-state index contributed by atoms with van der Waals surface area (Å²) in [6, 6.07) is 0. The second kappa shape index (κ2) is 4.81. The minimum Gasteiger partial charge on any atom is -0.354 e. The van der Waals surface area contributed by atoms with E-state index in [9.17, 15) is 4.79 Å². The standard InChI is InChI=1S/C7H11ClN4O/c1-5(8)7(13)9-3-2-6-10-4-11-12-6/h4-5H,2-3H2,1H3,(H,9,13)(H,10,11,12). The Kier molecular flexibility index (Phi) is 3.70. The van der Waals surface area contributed by atoms with Gasteiger partial charge in [-0.2, -0.15) is 5.10 Å². The molecule has 1 unspecified atom stereocenters. The van der Waals surface area contributed by atoms with Crippen molar-refractivity contribution in [2.24, 2.45) is 0 Å². The van der Waals surface area contributed by atoms with Crippen LogP contribution in [0, 0.1) is 0 Å². The number of carbonyl (C=O) groups excluding carboxylic acids is 1. The van der Waals surface area contributed by atoms with Crippen molar-refractivity contribution in [2.45, 2.75) is 18.7 Å². The van der Waals surface area contributed by atoms with Gasteiger partial charge >= 0.3 is 0 Å². The molecule has 1 aromatic heterocycles. The minimum atomic E-state index is -0.491. The average molecular weight is 203 g/mol. The number of nitrogens with one attached hydrogen (secondary N) is 2. The lowest BCUT2D eigenvalue weighted by atomic mass is 10.4. The number of alkyl halides is 1. The highest BCUT2D eigenvalue weighted by atomic mass is 35.5. The zero-order valence-corrected chi connectivity index (χ0v) is 8.01. The number of hydrogen-bond acceptors (Lipinski definition) is 3. The van der Waals surface area contributed by atoms with Crippen molar-refractivity contribution in [3.63, 3.8) is 0 Å². The Hall–Kier alpha value is -1.10. The van der Waals surface area contributed by atoms with Crippen molar-refractivity contribution < 1.29 is 4.79 Å². The van der Waals surface area contributed by atoms with Crippen LogP contribution in [-0.2, 0) is 11.2 Å². The molecule has 2 N–H and O–H groups in total. The van der Waals surface area contributed by atoms with Gasteiger partial charge < -0.3 is 5.32 Å². The lowest BCUT2D eigenvalue weighted by Gasteiger charge is -2.04. The van der Waals surface area contributed by atoms with Crippen LogP contribution in [-0.4, -0.2) is 33.0 Å². The Balaban J connectivity index is 2.18. The molecule has 5 nitrogen and oxygen atoms in total. The Bertz CT molecular complexity index is 259. The SMILES string of the molecule is CC(Cl)C(=O)NCCc1ncn[nH]1. The Morgan fingerprint density at radius 1 is 1.85 bits per heavy atom. The van der Waals surface area contributed by atoms with Crippen LogP contribution in [0.2, 0.25) is 0 Å². The van der Waals surface area contributed by atoms with Gasteiger partial charge in [-0.25, -0.2) is 4.98 Å². The third kappa shape index (κ3) is 3.42. The van der Waals surface area contributed by atoms with E-state index in [1.54, 1.807) is 6.92 Å². The van der Waals surface area contributed by atoms with Gasteiger partial charge in [-0.3, -0.25) is 9.89 Å². The molecule has 0 spiro atoms. The summed E-state index contributed by atoms with van der Waals surface area (Å²) in [7, 11) is 0. The number of nitrogens with zero attached hydrogens (tertiary/aromatic N) is 2. The first kappa shape index (κ1) is 9.98. The Morgan fingerprint density at radius 3 is 3.15 bits per heavy atom. The van der Waals surface area contributed by atoms with Gasteiger partial charge in [0.2, 0.25) is 5.91 Å². The second-order valence-corrected chi connectivity index (χ2v) is 3.24. The van der Waals surface area contributed by atoms with Crippen LogP contribution in [0.15, 0.2) is 6.33 Å². The first-order valence-electron chi connectivity index (χ1n) is 3.96. The summed E-state index contributed by atoms with van der Waals surface area (Å²) in [5.41, 5.74) is 0. The number of H-pyrrole nitrogens is 1. The third-order valence-electron chi connectivity index (χ3n) is 1.49. The molecule has 0 saturated heterocycles. The molecule has 13 heavy (non-hydrogen) atoms. The van der Waals surface area contributed by atoms with Crippen LogP contribution < -0.4 is 5.32 Å². The van der Waals surface area contributed by atoms with Gasteiger partial charge in [0.1, 0.15) is 17.5 Å². The first-order chi connectivity index (χ1) is 6.20. The van der Waals surface area contributed by atoms with Crippen molar-refractivity contribution >= 4 is 17.5 Å². The van der Waals surface area contributed by atoms with Gasteiger partial charge in [0, 0.05) is 13.0 Å². The highest BCUT2D eigenvalue weighted by Crippen LogP contribution is 1.92. The molecule has 0 aromatic carbocycles. The predicted molar refractivity (Wildman–Crippen MR) is 48.4 cm³/mol. The highest BCUT2D eigenvalue weighted by Gasteiger charge is 2.07. The van der Waals surface area contributed by atoms with Gasteiger partial charge in [0.15, 0.2) is 0 Å². The fourth-order valence-corrected chi connectivity index (χ4v) is 0.873. The molecule has 1 amide bonds. The van der Waals surface area contributed by atoms with E-state index in [4.69, 9.17) is 11.6 Å². The summed E-state index contributed by atoms with van der Waals surface area (Å²) in [4.78, 5) is 14.9. The Morgan fingerprint density at radius 2 is 2.62 bits per heavy atom. The molecule has 72 valence electrons. The van der Waals surface area contributed by atoms with E-state index in [2.05, 4.69) is 20.5 Å². The van der Waals surface area contributed by atoms with Crippen LogP contribution in [0.25, 0.3) is 0 Å². The predicted octanol–water partition coefficient (Wildman–Crippen LogP) is 0.0907. The average Bonchev–Trinajstić information content (AvgIpc) is 2.56. The maximum Gasteiger partial charge on any atom is 0.237 e. The third-order valence-corrected chi connectivity index (χ3v) is 1.69. The van der Waals surface area contributed by atoms with Gasteiger partial charge in [0.05, 0.1) is 0 Å². The summed E-state index contributed by atoms with van der Waals surface area (Å²) in [5.74, 6) is 0.587. The lowest BCUT2D eigenvalue weighted by Crippen LogP contribution is -2.31. The molecular formula is C7H11ClN4O. The number of aromatic nitrogens is 3. The van der Waals surface area contributed by atoms with Gasteiger partial charge in [-0.15, -0.1) is 11.6 Å². The van der Waals surface area contributed by atoms with Crippen molar-refractivity contribution in [3.05, 3.63) is 12.2 Å². The number of hydrogen-bond donors (Lipinski definition) is 2. The Labute approximate surface area is 80.9 Å². The minimum absolute atomic E-state index is 0.166. The van der Waals surface area contributed by atoms with E-state index in [0.29, 0.717) is 13.0 Å². The normalized spacial score (nSPS) is 12.5. The summed E-state index contributed by atoms with van der Waals surface area (Å²) < 4.78 is 0. The van der Waals surface area contributed by atoms with Crippen LogP contribution in [0.3, 0.4) is 0 Å². The maximum atomic E-state index is 11.0. The van der Waals surface area contributed by atoms with E-state index >= 15 is 0 Å². The van der Waals surface area contributed by atoms with Crippen LogP contribution in [0.1, 0.15) is 12.7 Å². The maximum absolute atomic E-state index is 11.0. The van der Waals surface area contributed by atoms with Crippen LogP contribution in [0.4, 0.5) is 0 Å². The van der Waals surface area contributed by atoms with Crippen LogP contribution >= 0.6 is 11.6 Å². The summed E-state index contributed by atoms with van der Waals surface area (Å²) in [6.45, 7) is 2.15. The summed E-state index contributed by atoms with van der Waals surface area (Å²) in [5, 5.41) is 8.55. The van der Waals surface area contributed by atoms with E-state index in [-0.39, 0.29) is 5.91 Å². The summed E-state index contributed by atoms with van der Waals surface area (Å²) in [6.07, 6.45) is 2.07. The van der Waals surface area contributed by atoms with Gasteiger partial charge in [-0.1, -0.05) is 0 Å². The molecule has 0 bridgehead atoms. The van der Waals surface area contributed by atoms with Crippen molar-refractivity contribution in [3.8, 4) is 0 Å². The molecule has 6 heteroatoms. The number of aromatic amines is 1. The number of halogens is 1. The molecule has 0 saturated carbocycles. The molecule has 0 aliphatic rings. The molecule has 0 fully saturated rings. The summed E-state index contributed by atoms with van der Waals surface area (Å²) >= 11 is 5.54. The largest absolute Gasteiger partial charge is 0.354 e. The topological polar surface area (TPSA) is 70.7 Å². The molecule has 1 rings (SSSR count). The van der Waals surface area contributed by atoms with E-state index in [1.165, 1.54) is 6.33 Å². The van der Waals surface area contributed by atoms with Crippen molar-refractivity contribution in [1.82, 2.24) is 20.5 Å². The smallest absolute Gasteiger partial charge is 0.237 e.